The molecule has 3 aromatic rings. The molecule has 0 saturated heterocycles. The van der Waals surface area contributed by atoms with E-state index in [2.05, 4.69) is 20.3 Å². The van der Waals surface area contributed by atoms with Gasteiger partial charge in [-0.2, -0.15) is 4.98 Å². The molecule has 0 fully saturated rings. The Balaban J connectivity index is 1.64. The number of nitrogen functional groups attached to an aromatic ring is 1. The highest BCUT2D eigenvalue weighted by Gasteiger charge is 2.22. The summed E-state index contributed by atoms with van der Waals surface area (Å²) in [5, 5.41) is 12.9. The molecule has 2 heterocycles. The molecule has 8 nitrogen and oxygen atoms in total. The average Bonchev–Trinajstić information content (AvgIpc) is 3.22. The SMILES string of the molecule is COc1ccc(Cc2nnc(SCc3noc(C(C)(C)C)n3)n2N)cc1. The van der Waals surface area contributed by atoms with Crippen LogP contribution < -0.4 is 10.6 Å². The van der Waals surface area contributed by atoms with E-state index in [-0.39, 0.29) is 5.41 Å². The molecule has 0 amide bonds. The van der Waals surface area contributed by atoms with Gasteiger partial charge in [0.1, 0.15) is 5.75 Å². The molecule has 9 heteroatoms. The molecule has 0 spiro atoms. The molecule has 0 atom stereocenters. The maximum absolute atomic E-state index is 6.13. The molecular formula is C17H22N6O2S. The molecule has 0 saturated carbocycles. The van der Waals surface area contributed by atoms with Crippen LogP contribution in [0.5, 0.6) is 5.75 Å². The Kier molecular flexibility index (Phi) is 5.17. The van der Waals surface area contributed by atoms with Crippen molar-refractivity contribution in [2.24, 2.45) is 0 Å². The zero-order valence-corrected chi connectivity index (χ0v) is 16.1. The monoisotopic (exact) mass is 374 g/mol. The largest absolute Gasteiger partial charge is 0.497 e. The standard InChI is InChI=1S/C17H22N6O2S/c1-17(2,3)15-19-13(22-25-15)10-26-16-21-20-14(23(16)18)9-11-5-7-12(24-4)8-6-11/h5-8H,9-10,18H2,1-4H3. The molecule has 0 radical (unpaired) electrons. The number of benzene rings is 1. The molecule has 0 aliphatic rings. The van der Waals surface area contributed by atoms with Gasteiger partial charge in [-0.15, -0.1) is 10.2 Å². The molecule has 0 aliphatic carbocycles. The van der Waals surface area contributed by atoms with Crippen molar-refractivity contribution in [3.63, 3.8) is 0 Å². The highest BCUT2D eigenvalue weighted by atomic mass is 32.2. The smallest absolute Gasteiger partial charge is 0.232 e. The molecule has 138 valence electrons. The molecule has 3 rings (SSSR count). The molecule has 0 unspecified atom stereocenters. The van der Waals surface area contributed by atoms with Crippen LogP contribution in [0.1, 0.15) is 43.9 Å². The van der Waals surface area contributed by atoms with E-state index in [0.29, 0.717) is 34.9 Å². The van der Waals surface area contributed by atoms with Crippen molar-refractivity contribution in [3.05, 3.63) is 47.4 Å². The summed E-state index contributed by atoms with van der Waals surface area (Å²) in [6, 6.07) is 7.78. The van der Waals surface area contributed by atoms with Crippen molar-refractivity contribution < 1.29 is 9.26 Å². The topological polar surface area (TPSA) is 105 Å². The zero-order chi connectivity index (χ0) is 18.7. The minimum atomic E-state index is -0.171. The quantitative estimate of drug-likeness (QED) is 0.518. The molecule has 2 N–H and O–H groups in total. The fourth-order valence-corrected chi connectivity index (χ4v) is 2.92. The van der Waals surface area contributed by atoms with E-state index in [0.717, 1.165) is 11.3 Å². The maximum Gasteiger partial charge on any atom is 0.232 e. The molecule has 2 aromatic heterocycles. The third-order valence-corrected chi connectivity index (χ3v) is 4.64. The minimum absolute atomic E-state index is 0.171. The fourth-order valence-electron chi connectivity index (χ4n) is 2.20. The Morgan fingerprint density at radius 1 is 1.19 bits per heavy atom. The number of thioether (sulfide) groups is 1. The lowest BCUT2D eigenvalue weighted by Gasteiger charge is -2.10. The highest BCUT2D eigenvalue weighted by molar-refractivity contribution is 7.98. The van der Waals surface area contributed by atoms with E-state index in [1.165, 1.54) is 16.4 Å². The Morgan fingerprint density at radius 2 is 1.92 bits per heavy atom. The van der Waals surface area contributed by atoms with Gasteiger partial charge in [0.25, 0.3) is 0 Å². The molecule has 26 heavy (non-hydrogen) atoms. The Bertz CT molecular complexity index is 866. The van der Waals surface area contributed by atoms with Gasteiger partial charge in [-0.05, 0) is 17.7 Å². The Hall–Kier alpha value is -2.55. The van der Waals surface area contributed by atoms with Crippen molar-refractivity contribution in [2.45, 2.75) is 43.5 Å². The second-order valence-corrected chi connectivity index (χ2v) is 7.79. The second kappa shape index (κ2) is 7.36. The fraction of sp³-hybridized carbons (Fsp3) is 0.412. The number of ether oxygens (including phenoxy) is 1. The van der Waals surface area contributed by atoms with Crippen LogP contribution in [0.3, 0.4) is 0 Å². The van der Waals surface area contributed by atoms with Crippen molar-refractivity contribution in [1.29, 1.82) is 0 Å². The third-order valence-electron chi connectivity index (χ3n) is 3.70. The molecular weight excluding hydrogens is 352 g/mol. The predicted molar refractivity (Wildman–Crippen MR) is 98.5 cm³/mol. The van der Waals surface area contributed by atoms with E-state index >= 15 is 0 Å². The van der Waals surface area contributed by atoms with Gasteiger partial charge in [-0.3, -0.25) is 0 Å². The lowest BCUT2D eigenvalue weighted by Crippen LogP contribution is -2.14. The maximum atomic E-state index is 6.13. The van der Waals surface area contributed by atoms with Crippen LogP contribution in [0.25, 0.3) is 0 Å². The summed E-state index contributed by atoms with van der Waals surface area (Å²) < 4.78 is 12.0. The van der Waals surface area contributed by atoms with Gasteiger partial charge in [0.2, 0.25) is 11.0 Å². The van der Waals surface area contributed by atoms with E-state index in [1.807, 2.05) is 45.0 Å². The average molecular weight is 374 g/mol. The summed E-state index contributed by atoms with van der Waals surface area (Å²) in [5.74, 6) is 9.36. The van der Waals surface area contributed by atoms with Gasteiger partial charge in [-0.25, -0.2) is 4.68 Å². The first-order valence-electron chi connectivity index (χ1n) is 8.15. The summed E-state index contributed by atoms with van der Waals surface area (Å²) in [5.41, 5.74) is 0.907. The van der Waals surface area contributed by atoms with Crippen molar-refractivity contribution >= 4 is 11.8 Å². The second-order valence-electron chi connectivity index (χ2n) is 6.85. The molecule has 0 aliphatic heterocycles. The van der Waals surface area contributed by atoms with Gasteiger partial charge in [0.05, 0.1) is 12.9 Å². The van der Waals surface area contributed by atoms with Crippen molar-refractivity contribution in [2.75, 3.05) is 13.0 Å². The Labute approximate surface area is 156 Å². The third kappa shape index (κ3) is 4.16. The van der Waals surface area contributed by atoms with Crippen LogP contribution in [0, 0.1) is 0 Å². The molecule has 0 bridgehead atoms. The summed E-state index contributed by atoms with van der Waals surface area (Å²) in [4.78, 5) is 4.41. The van der Waals surface area contributed by atoms with Gasteiger partial charge in [0, 0.05) is 11.8 Å². The first kappa shape index (κ1) is 18.2. The van der Waals surface area contributed by atoms with Crippen LogP contribution in [0.4, 0.5) is 0 Å². The first-order valence-corrected chi connectivity index (χ1v) is 9.13. The van der Waals surface area contributed by atoms with Gasteiger partial charge in [-0.1, -0.05) is 49.8 Å². The lowest BCUT2D eigenvalue weighted by atomic mass is 9.97. The van der Waals surface area contributed by atoms with E-state index < -0.39 is 0 Å². The van der Waals surface area contributed by atoms with E-state index in [4.69, 9.17) is 15.1 Å². The predicted octanol–water partition coefficient (Wildman–Crippen LogP) is 2.56. The number of methoxy groups -OCH3 is 1. The minimum Gasteiger partial charge on any atom is -0.497 e. The van der Waals surface area contributed by atoms with Gasteiger partial charge in [0.15, 0.2) is 11.6 Å². The van der Waals surface area contributed by atoms with Crippen LogP contribution in [-0.4, -0.2) is 32.1 Å². The van der Waals surface area contributed by atoms with Crippen LogP contribution in [0.15, 0.2) is 33.9 Å². The number of rotatable bonds is 6. The summed E-state index contributed by atoms with van der Waals surface area (Å²) in [7, 11) is 1.64. The number of nitrogens with zero attached hydrogens (tertiary/aromatic N) is 5. The van der Waals surface area contributed by atoms with Crippen LogP contribution >= 0.6 is 11.8 Å². The van der Waals surface area contributed by atoms with E-state index in [9.17, 15) is 0 Å². The number of aromatic nitrogens is 5. The van der Waals surface area contributed by atoms with Crippen molar-refractivity contribution in [1.82, 2.24) is 25.0 Å². The zero-order valence-electron chi connectivity index (χ0n) is 15.3. The van der Waals surface area contributed by atoms with E-state index in [1.54, 1.807) is 7.11 Å². The van der Waals surface area contributed by atoms with Gasteiger partial charge >= 0.3 is 0 Å². The van der Waals surface area contributed by atoms with Crippen LogP contribution in [0.2, 0.25) is 0 Å². The number of hydrogen-bond donors (Lipinski definition) is 1. The first-order chi connectivity index (χ1) is 12.4. The van der Waals surface area contributed by atoms with Crippen molar-refractivity contribution in [3.8, 4) is 5.75 Å². The summed E-state index contributed by atoms with van der Waals surface area (Å²) in [6.45, 7) is 6.08. The van der Waals surface area contributed by atoms with Gasteiger partial charge < -0.3 is 15.1 Å². The summed E-state index contributed by atoms with van der Waals surface area (Å²) in [6.07, 6.45) is 0.588. The number of hydrogen-bond acceptors (Lipinski definition) is 8. The lowest BCUT2D eigenvalue weighted by molar-refractivity contribution is 0.319. The van der Waals surface area contributed by atoms with Crippen LogP contribution in [-0.2, 0) is 17.6 Å². The number of nitrogens with two attached hydrogens (primary N) is 1. The molecule has 1 aromatic carbocycles. The summed E-state index contributed by atoms with van der Waals surface area (Å²) >= 11 is 1.42. The highest BCUT2D eigenvalue weighted by Crippen LogP contribution is 2.23. The Morgan fingerprint density at radius 3 is 2.54 bits per heavy atom. The normalized spacial score (nSPS) is 11.7.